The molecule has 7 heteroatoms. The molecule has 2 aromatic carbocycles. The first-order chi connectivity index (χ1) is 9.34. The minimum Gasteiger partial charge on any atom is -0.325 e. The first-order valence-electron chi connectivity index (χ1n) is 5.90. The van der Waals surface area contributed by atoms with Crippen LogP contribution in [0.4, 0.5) is 8.78 Å². The molecule has 0 saturated heterocycles. The lowest BCUT2D eigenvalue weighted by Gasteiger charge is -2.15. The highest BCUT2D eigenvalue weighted by atomic mass is 32.2. The standard InChI is InChI=1S/C13H14F2N2O2S/c14-13(15,8-16)9-17-20(18,19)12-6-5-10-3-1-2-4-11(10)7-12/h1-7,17H,8-9,16H2. The molecule has 0 aliphatic rings. The molecule has 0 spiro atoms. The molecule has 0 fully saturated rings. The summed E-state index contributed by atoms with van der Waals surface area (Å²) in [5.74, 6) is -3.26. The zero-order valence-electron chi connectivity index (χ0n) is 10.5. The number of fused-ring (bicyclic) bond motifs is 1. The van der Waals surface area contributed by atoms with Crippen LogP contribution in [0.25, 0.3) is 10.8 Å². The molecular formula is C13H14F2N2O2S. The fraction of sp³-hybridized carbons (Fsp3) is 0.231. The van der Waals surface area contributed by atoms with E-state index in [1.54, 1.807) is 18.2 Å². The van der Waals surface area contributed by atoms with Gasteiger partial charge in [-0.15, -0.1) is 0 Å². The Balaban J connectivity index is 2.27. The number of sulfonamides is 1. The summed E-state index contributed by atoms with van der Waals surface area (Å²) in [7, 11) is -3.98. The molecule has 2 rings (SSSR count). The van der Waals surface area contributed by atoms with Gasteiger partial charge in [-0.05, 0) is 22.9 Å². The predicted molar refractivity (Wildman–Crippen MR) is 73.1 cm³/mol. The fourth-order valence-electron chi connectivity index (χ4n) is 1.69. The highest BCUT2D eigenvalue weighted by Gasteiger charge is 2.29. The van der Waals surface area contributed by atoms with Crippen molar-refractivity contribution in [3.63, 3.8) is 0 Å². The molecule has 0 unspecified atom stereocenters. The molecule has 4 nitrogen and oxygen atoms in total. The van der Waals surface area contributed by atoms with E-state index >= 15 is 0 Å². The molecular weight excluding hydrogens is 286 g/mol. The van der Waals surface area contributed by atoms with Gasteiger partial charge in [-0.25, -0.2) is 21.9 Å². The molecule has 0 radical (unpaired) electrons. The molecule has 20 heavy (non-hydrogen) atoms. The highest BCUT2D eigenvalue weighted by molar-refractivity contribution is 7.89. The summed E-state index contributed by atoms with van der Waals surface area (Å²) in [6.45, 7) is -1.92. The van der Waals surface area contributed by atoms with Crippen LogP contribution in [0.5, 0.6) is 0 Å². The molecule has 0 heterocycles. The molecule has 2 aromatic rings. The van der Waals surface area contributed by atoms with Crippen LogP contribution in [0, 0.1) is 0 Å². The number of rotatable bonds is 5. The van der Waals surface area contributed by atoms with Gasteiger partial charge in [0.05, 0.1) is 18.0 Å². The Hall–Kier alpha value is -1.57. The van der Waals surface area contributed by atoms with Crippen LogP contribution < -0.4 is 10.5 Å². The van der Waals surface area contributed by atoms with Crippen LogP contribution >= 0.6 is 0 Å². The second-order valence-electron chi connectivity index (χ2n) is 4.39. The maximum Gasteiger partial charge on any atom is 0.273 e. The van der Waals surface area contributed by atoms with Crippen molar-refractivity contribution in [3.05, 3.63) is 42.5 Å². The largest absolute Gasteiger partial charge is 0.325 e. The van der Waals surface area contributed by atoms with Crippen LogP contribution in [0.1, 0.15) is 0 Å². The third-order valence-corrected chi connectivity index (χ3v) is 4.25. The quantitative estimate of drug-likeness (QED) is 0.883. The third kappa shape index (κ3) is 3.30. The fourth-order valence-corrected chi connectivity index (χ4v) is 2.79. The number of halogens is 2. The lowest BCUT2D eigenvalue weighted by atomic mass is 10.1. The number of benzene rings is 2. The van der Waals surface area contributed by atoms with Crippen molar-refractivity contribution < 1.29 is 17.2 Å². The summed E-state index contributed by atoms with van der Waals surface area (Å²) >= 11 is 0. The van der Waals surface area contributed by atoms with E-state index in [2.05, 4.69) is 0 Å². The Morgan fingerprint density at radius 2 is 1.75 bits per heavy atom. The average molecular weight is 300 g/mol. The number of hydrogen-bond donors (Lipinski definition) is 2. The SMILES string of the molecule is NCC(F)(F)CNS(=O)(=O)c1ccc2ccccc2c1. The van der Waals surface area contributed by atoms with Crippen LogP contribution in [-0.2, 0) is 10.0 Å². The van der Waals surface area contributed by atoms with Crippen molar-refractivity contribution in [2.24, 2.45) is 5.73 Å². The van der Waals surface area contributed by atoms with E-state index in [4.69, 9.17) is 5.73 Å². The molecule has 3 N–H and O–H groups in total. The van der Waals surface area contributed by atoms with Gasteiger partial charge >= 0.3 is 0 Å². The molecule has 0 aliphatic heterocycles. The Labute approximate surface area is 115 Å². The van der Waals surface area contributed by atoms with Crippen molar-refractivity contribution in [2.75, 3.05) is 13.1 Å². The maximum absolute atomic E-state index is 13.0. The minimum absolute atomic E-state index is 0.0518. The van der Waals surface area contributed by atoms with E-state index in [0.717, 1.165) is 10.8 Å². The third-order valence-electron chi connectivity index (χ3n) is 2.85. The van der Waals surface area contributed by atoms with Gasteiger partial charge in [0.1, 0.15) is 0 Å². The van der Waals surface area contributed by atoms with Crippen LogP contribution in [0.3, 0.4) is 0 Å². The van der Waals surface area contributed by atoms with E-state index in [0.29, 0.717) is 0 Å². The van der Waals surface area contributed by atoms with E-state index in [9.17, 15) is 17.2 Å². The first-order valence-corrected chi connectivity index (χ1v) is 7.39. The van der Waals surface area contributed by atoms with Gasteiger partial charge in [0.2, 0.25) is 10.0 Å². The lowest BCUT2D eigenvalue weighted by molar-refractivity contribution is 0.0170. The monoisotopic (exact) mass is 300 g/mol. The summed E-state index contributed by atoms with van der Waals surface area (Å²) in [6, 6.07) is 11.6. The van der Waals surface area contributed by atoms with Crippen LogP contribution in [0.2, 0.25) is 0 Å². The lowest BCUT2D eigenvalue weighted by Crippen LogP contribution is -2.41. The number of nitrogens with two attached hydrogens (primary N) is 1. The van der Waals surface area contributed by atoms with Gasteiger partial charge in [-0.3, -0.25) is 0 Å². The van der Waals surface area contributed by atoms with Gasteiger partial charge in [0, 0.05) is 0 Å². The normalized spacial score (nSPS) is 12.8. The first kappa shape index (κ1) is 14.8. The van der Waals surface area contributed by atoms with Crippen molar-refractivity contribution in [2.45, 2.75) is 10.8 Å². The Kier molecular flexibility index (Phi) is 4.03. The molecule has 108 valence electrons. The Morgan fingerprint density at radius 1 is 1.10 bits per heavy atom. The molecule has 0 bridgehead atoms. The zero-order chi connectivity index (χ0) is 14.8. The van der Waals surface area contributed by atoms with Gasteiger partial charge in [0.25, 0.3) is 5.92 Å². The number of alkyl halides is 2. The maximum atomic E-state index is 13.0. The van der Waals surface area contributed by atoms with E-state index in [-0.39, 0.29) is 4.90 Å². The molecule has 0 aromatic heterocycles. The van der Waals surface area contributed by atoms with Crippen molar-refractivity contribution in [1.82, 2.24) is 4.72 Å². The summed E-state index contributed by atoms with van der Waals surface area (Å²) in [5.41, 5.74) is 4.86. The van der Waals surface area contributed by atoms with Gasteiger partial charge in [0.15, 0.2) is 0 Å². The van der Waals surface area contributed by atoms with Crippen LogP contribution in [0.15, 0.2) is 47.4 Å². The molecule has 0 saturated carbocycles. The van der Waals surface area contributed by atoms with Gasteiger partial charge in [-0.1, -0.05) is 30.3 Å². The summed E-state index contributed by atoms with van der Waals surface area (Å²) in [4.78, 5) is -0.0518. The summed E-state index contributed by atoms with van der Waals surface area (Å²) in [5, 5.41) is 1.60. The topological polar surface area (TPSA) is 72.2 Å². The number of hydrogen-bond acceptors (Lipinski definition) is 3. The summed E-state index contributed by atoms with van der Waals surface area (Å²) < 4.78 is 51.8. The van der Waals surface area contributed by atoms with E-state index < -0.39 is 29.0 Å². The van der Waals surface area contributed by atoms with Crippen molar-refractivity contribution in [1.29, 1.82) is 0 Å². The molecule has 0 amide bonds. The van der Waals surface area contributed by atoms with Crippen LogP contribution in [-0.4, -0.2) is 27.4 Å². The smallest absolute Gasteiger partial charge is 0.273 e. The van der Waals surface area contributed by atoms with E-state index in [1.807, 2.05) is 16.9 Å². The number of nitrogens with one attached hydrogen (secondary N) is 1. The second kappa shape index (κ2) is 5.43. The summed E-state index contributed by atoms with van der Waals surface area (Å²) in [6.07, 6.45) is 0. The van der Waals surface area contributed by atoms with Gasteiger partial charge in [-0.2, -0.15) is 0 Å². The van der Waals surface area contributed by atoms with Gasteiger partial charge < -0.3 is 5.73 Å². The molecule has 0 atom stereocenters. The molecule has 0 aliphatic carbocycles. The minimum atomic E-state index is -3.98. The Bertz CT molecular complexity index is 717. The zero-order valence-corrected chi connectivity index (χ0v) is 11.3. The highest BCUT2D eigenvalue weighted by Crippen LogP contribution is 2.19. The Morgan fingerprint density at radius 3 is 2.40 bits per heavy atom. The predicted octanol–water partition coefficient (Wildman–Crippen LogP) is 1.71. The van der Waals surface area contributed by atoms with Crippen molar-refractivity contribution in [3.8, 4) is 0 Å². The van der Waals surface area contributed by atoms with Crippen molar-refractivity contribution >= 4 is 20.8 Å². The average Bonchev–Trinajstić information content (AvgIpc) is 2.45. The second-order valence-corrected chi connectivity index (χ2v) is 6.16. The van der Waals surface area contributed by atoms with E-state index in [1.165, 1.54) is 12.1 Å².